The summed E-state index contributed by atoms with van der Waals surface area (Å²) in [6.45, 7) is 0. The number of aromatic nitrogens is 3. The molecule has 9 nitrogen and oxygen atoms in total. The monoisotopic (exact) mass is 420 g/mol. The Morgan fingerprint density at radius 3 is 2.61 bits per heavy atom. The largest absolute Gasteiger partial charge is 0.464 e. The molecule has 1 aliphatic carbocycles. The molecular formula is C22H24N6O3. The maximum atomic E-state index is 12.0. The number of piperidine rings is 1. The average Bonchev–Trinajstić information content (AvgIpc) is 3.36. The Balaban J connectivity index is 1.36. The molecule has 1 unspecified atom stereocenters. The number of nitrogens with two attached hydrogens (primary N) is 1. The molecule has 0 spiro atoms. The van der Waals surface area contributed by atoms with E-state index in [2.05, 4.69) is 31.5 Å². The maximum absolute atomic E-state index is 12.0. The van der Waals surface area contributed by atoms with Crippen LogP contribution in [-0.2, 0) is 11.2 Å². The fourth-order valence-electron chi connectivity index (χ4n) is 5.09. The molecule has 160 valence electrons. The number of esters is 1. The number of carbonyl (C=O) groups is 2. The van der Waals surface area contributed by atoms with Crippen LogP contribution >= 0.6 is 0 Å². The minimum Gasteiger partial charge on any atom is -0.464 e. The summed E-state index contributed by atoms with van der Waals surface area (Å²) in [6.07, 6.45) is 10.4. The molecule has 2 bridgehead atoms. The number of carbonyl (C=O) groups excluding carboxylic acids is 2. The molecule has 3 N–H and O–H groups in total. The minimum atomic E-state index is -0.492. The number of nitrogens with zero attached hydrogens (tertiary/aromatic N) is 4. The summed E-state index contributed by atoms with van der Waals surface area (Å²) in [5.41, 5.74) is 8.99. The van der Waals surface area contributed by atoms with Gasteiger partial charge in [0.2, 0.25) is 0 Å². The zero-order valence-corrected chi connectivity index (χ0v) is 17.2. The van der Waals surface area contributed by atoms with E-state index in [1.165, 1.54) is 7.11 Å². The number of rotatable bonds is 5. The van der Waals surface area contributed by atoms with Gasteiger partial charge in [-0.15, -0.1) is 10.2 Å². The number of methoxy groups -OCH3 is 1. The van der Waals surface area contributed by atoms with E-state index in [1.807, 2.05) is 12.1 Å². The first-order valence-electron chi connectivity index (χ1n) is 10.5. The SMILES string of the molecule is COC(=O)c1ccc(N2[C@@H]3CC[C@H]2CC(Nc2c(C(N)=O)cnc4c2C=CC4)C3)nn1. The Hall–Kier alpha value is -3.49. The summed E-state index contributed by atoms with van der Waals surface area (Å²) in [5.74, 6) is -0.183. The molecule has 31 heavy (non-hydrogen) atoms. The van der Waals surface area contributed by atoms with Gasteiger partial charge in [0.15, 0.2) is 11.5 Å². The van der Waals surface area contributed by atoms with Crippen LogP contribution in [0, 0.1) is 0 Å². The van der Waals surface area contributed by atoms with E-state index < -0.39 is 11.9 Å². The summed E-state index contributed by atoms with van der Waals surface area (Å²) in [5, 5.41) is 11.9. The lowest BCUT2D eigenvalue weighted by Crippen LogP contribution is -2.47. The van der Waals surface area contributed by atoms with Gasteiger partial charge in [0.05, 0.1) is 24.1 Å². The number of hydrogen-bond donors (Lipinski definition) is 2. The molecule has 2 saturated heterocycles. The number of anilines is 2. The molecule has 2 fully saturated rings. The highest BCUT2D eigenvalue weighted by Gasteiger charge is 2.42. The lowest BCUT2D eigenvalue weighted by molar-refractivity contribution is 0.0592. The van der Waals surface area contributed by atoms with Crippen molar-refractivity contribution in [1.29, 1.82) is 0 Å². The first-order chi connectivity index (χ1) is 15.0. The van der Waals surface area contributed by atoms with E-state index in [0.29, 0.717) is 17.6 Å². The van der Waals surface area contributed by atoms with E-state index in [9.17, 15) is 9.59 Å². The lowest BCUT2D eigenvalue weighted by atomic mass is 9.96. The van der Waals surface area contributed by atoms with Gasteiger partial charge in [-0.2, -0.15) is 0 Å². The molecule has 2 aromatic rings. The smallest absolute Gasteiger partial charge is 0.358 e. The van der Waals surface area contributed by atoms with E-state index in [1.54, 1.807) is 12.3 Å². The van der Waals surface area contributed by atoms with Gasteiger partial charge in [0.25, 0.3) is 5.91 Å². The molecule has 0 aromatic carbocycles. The molecular weight excluding hydrogens is 396 g/mol. The lowest BCUT2D eigenvalue weighted by Gasteiger charge is -2.40. The zero-order valence-electron chi connectivity index (χ0n) is 17.2. The van der Waals surface area contributed by atoms with Gasteiger partial charge >= 0.3 is 5.97 Å². The minimum absolute atomic E-state index is 0.203. The summed E-state index contributed by atoms with van der Waals surface area (Å²) in [7, 11) is 1.33. The van der Waals surface area contributed by atoms with Crippen LogP contribution in [0.3, 0.4) is 0 Å². The number of pyridine rings is 1. The van der Waals surface area contributed by atoms with Gasteiger partial charge in [-0.3, -0.25) is 9.78 Å². The molecule has 3 atom stereocenters. The van der Waals surface area contributed by atoms with E-state index in [4.69, 9.17) is 10.5 Å². The quantitative estimate of drug-likeness (QED) is 0.704. The molecule has 0 radical (unpaired) electrons. The molecule has 1 amide bonds. The van der Waals surface area contributed by atoms with Crippen molar-refractivity contribution in [2.75, 3.05) is 17.3 Å². The molecule has 2 aliphatic heterocycles. The van der Waals surface area contributed by atoms with Crippen molar-refractivity contribution in [3.05, 3.63) is 46.9 Å². The highest BCUT2D eigenvalue weighted by Crippen LogP contribution is 2.40. The van der Waals surface area contributed by atoms with Gasteiger partial charge < -0.3 is 20.7 Å². The summed E-state index contributed by atoms with van der Waals surface area (Å²) >= 11 is 0. The molecule has 2 aromatic heterocycles. The predicted octanol–water partition coefficient (Wildman–Crippen LogP) is 1.94. The third-order valence-corrected chi connectivity index (χ3v) is 6.45. The second kappa shape index (κ2) is 7.64. The van der Waals surface area contributed by atoms with Crippen LogP contribution in [0.25, 0.3) is 6.08 Å². The molecule has 3 aliphatic rings. The number of amides is 1. The van der Waals surface area contributed by atoms with E-state index >= 15 is 0 Å². The van der Waals surface area contributed by atoms with Crippen LogP contribution in [-0.4, -0.2) is 52.3 Å². The fourth-order valence-corrected chi connectivity index (χ4v) is 5.09. The Bertz CT molecular complexity index is 1050. The normalized spacial score (nSPS) is 23.5. The molecule has 5 rings (SSSR count). The Labute approximate surface area is 179 Å². The van der Waals surface area contributed by atoms with Crippen LogP contribution < -0.4 is 16.0 Å². The summed E-state index contributed by atoms with van der Waals surface area (Å²) < 4.78 is 4.70. The van der Waals surface area contributed by atoms with Gasteiger partial charge in [-0.05, 0) is 37.8 Å². The van der Waals surface area contributed by atoms with Gasteiger partial charge in [0.1, 0.15) is 0 Å². The van der Waals surface area contributed by atoms with Crippen LogP contribution in [0.2, 0.25) is 0 Å². The highest BCUT2D eigenvalue weighted by atomic mass is 16.5. The van der Waals surface area contributed by atoms with Crippen LogP contribution in [0.15, 0.2) is 24.4 Å². The second-order valence-corrected chi connectivity index (χ2v) is 8.25. The summed E-state index contributed by atoms with van der Waals surface area (Å²) in [6, 6.07) is 4.34. The summed E-state index contributed by atoms with van der Waals surface area (Å²) in [4.78, 5) is 30.3. The van der Waals surface area contributed by atoms with Gasteiger partial charge in [0, 0.05) is 36.3 Å². The van der Waals surface area contributed by atoms with Crippen molar-refractivity contribution < 1.29 is 14.3 Å². The van der Waals surface area contributed by atoms with Crippen molar-refractivity contribution in [2.24, 2.45) is 5.73 Å². The first kappa shape index (κ1) is 19.5. The van der Waals surface area contributed by atoms with Crippen LogP contribution in [0.5, 0.6) is 0 Å². The number of primary amides is 1. The third-order valence-electron chi connectivity index (χ3n) is 6.45. The van der Waals surface area contributed by atoms with Gasteiger partial charge in [-0.25, -0.2) is 4.79 Å². The van der Waals surface area contributed by atoms with Crippen molar-refractivity contribution in [3.63, 3.8) is 0 Å². The fraction of sp³-hybridized carbons (Fsp3) is 0.409. The molecule has 0 saturated carbocycles. The number of nitrogens with one attached hydrogen (secondary N) is 1. The predicted molar refractivity (Wildman–Crippen MR) is 115 cm³/mol. The van der Waals surface area contributed by atoms with Crippen molar-refractivity contribution in [2.45, 2.75) is 50.2 Å². The third kappa shape index (κ3) is 3.39. The molecule has 4 heterocycles. The Kier molecular flexibility index (Phi) is 4.80. The molecule has 9 heteroatoms. The van der Waals surface area contributed by atoms with Crippen LogP contribution in [0.1, 0.15) is 57.8 Å². The number of hydrogen-bond acceptors (Lipinski definition) is 8. The Morgan fingerprint density at radius 1 is 1.19 bits per heavy atom. The van der Waals surface area contributed by atoms with Crippen molar-refractivity contribution in [3.8, 4) is 0 Å². The standard InChI is InChI=1S/C22H24N6O3/c1-31-22(30)18-7-8-19(27-26-18)28-13-5-6-14(28)10-12(9-13)25-20-15-3-2-4-17(15)24-11-16(20)21(23)29/h2-3,7-8,11-14H,4-6,9-10H2,1H3,(H2,23,29)(H,24,25)/t12?,13-,14+. The van der Waals surface area contributed by atoms with Gasteiger partial charge in [-0.1, -0.05) is 12.2 Å². The number of allylic oxidation sites excluding steroid dienone is 1. The van der Waals surface area contributed by atoms with E-state index in [0.717, 1.165) is 54.9 Å². The number of ether oxygens (including phenoxy) is 1. The Morgan fingerprint density at radius 2 is 1.97 bits per heavy atom. The van der Waals surface area contributed by atoms with Crippen LogP contribution in [0.4, 0.5) is 11.5 Å². The number of fused-ring (bicyclic) bond motifs is 3. The van der Waals surface area contributed by atoms with Crippen molar-refractivity contribution >= 4 is 29.5 Å². The highest BCUT2D eigenvalue weighted by molar-refractivity contribution is 6.00. The zero-order chi connectivity index (χ0) is 21.5. The van der Waals surface area contributed by atoms with E-state index in [-0.39, 0.29) is 11.7 Å². The topological polar surface area (TPSA) is 123 Å². The average molecular weight is 420 g/mol. The maximum Gasteiger partial charge on any atom is 0.358 e. The van der Waals surface area contributed by atoms with Crippen molar-refractivity contribution in [1.82, 2.24) is 15.2 Å². The first-order valence-corrected chi connectivity index (χ1v) is 10.5. The second-order valence-electron chi connectivity index (χ2n) is 8.25.